The van der Waals surface area contributed by atoms with Gasteiger partial charge in [-0.25, -0.2) is 9.37 Å². The zero-order valence-corrected chi connectivity index (χ0v) is 14.7. The molecule has 1 saturated heterocycles. The molecular formula is C20H20FN3O3. The molecule has 6 nitrogen and oxygen atoms in total. The van der Waals surface area contributed by atoms with Crippen LogP contribution in [0.5, 0.6) is 0 Å². The summed E-state index contributed by atoms with van der Waals surface area (Å²) in [5.74, 6) is -0.0240. The number of anilines is 1. The second kappa shape index (κ2) is 7.09. The van der Waals surface area contributed by atoms with Gasteiger partial charge in [0.05, 0.1) is 5.41 Å². The Balaban J connectivity index is 1.58. The van der Waals surface area contributed by atoms with E-state index in [2.05, 4.69) is 10.3 Å². The lowest BCUT2D eigenvalue weighted by molar-refractivity contribution is -0.130. The molecule has 27 heavy (non-hydrogen) atoms. The normalized spacial score (nSPS) is 16.4. The van der Waals surface area contributed by atoms with Gasteiger partial charge in [-0.05, 0) is 49.2 Å². The molecule has 0 aliphatic carbocycles. The third kappa shape index (κ3) is 3.43. The quantitative estimate of drug-likeness (QED) is 0.736. The van der Waals surface area contributed by atoms with E-state index in [-0.39, 0.29) is 18.3 Å². The van der Waals surface area contributed by atoms with Crippen molar-refractivity contribution >= 4 is 22.7 Å². The summed E-state index contributed by atoms with van der Waals surface area (Å²) in [6.07, 6.45) is 1.21. The minimum absolute atomic E-state index is 0.106. The number of nitrogens with two attached hydrogens (primary N) is 1. The highest BCUT2D eigenvalue weighted by atomic mass is 19.1. The number of hydrogen-bond donors (Lipinski definition) is 2. The lowest BCUT2D eigenvalue weighted by atomic mass is 9.79. The molecule has 0 spiro atoms. The standard InChI is InChI=1S/C20H20FN3O3/c21-14-3-1-13(2-4-14)18-24-16-6-5-15(11-17(16)27-18)23-19(25)20(12-22)7-9-26-10-8-20/h1-6,11H,7-10,12,22H2,(H,23,25). The second-order valence-corrected chi connectivity index (χ2v) is 6.76. The van der Waals surface area contributed by atoms with Crippen LogP contribution in [0.3, 0.4) is 0 Å². The average molecular weight is 369 g/mol. The molecule has 2 aromatic carbocycles. The molecular weight excluding hydrogens is 349 g/mol. The van der Waals surface area contributed by atoms with Crippen molar-refractivity contribution in [2.75, 3.05) is 25.1 Å². The van der Waals surface area contributed by atoms with E-state index in [1.165, 1.54) is 12.1 Å². The van der Waals surface area contributed by atoms with Gasteiger partial charge in [0.2, 0.25) is 11.8 Å². The molecule has 4 rings (SSSR count). The Morgan fingerprint density at radius 2 is 1.93 bits per heavy atom. The largest absolute Gasteiger partial charge is 0.436 e. The molecule has 3 N–H and O–H groups in total. The first-order valence-electron chi connectivity index (χ1n) is 8.85. The highest BCUT2D eigenvalue weighted by Gasteiger charge is 2.38. The van der Waals surface area contributed by atoms with E-state index in [1.807, 2.05) is 0 Å². The third-order valence-electron chi connectivity index (χ3n) is 5.06. The lowest BCUT2D eigenvalue weighted by Gasteiger charge is -2.34. The van der Waals surface area contributed by atoms with Gasteiger partial charge in [0.25, 0.3) is 0 Å². The fraction of sp³-hybridized carbons (Fsp3) is 0.300. The number of hydrogen-bond acceptors (Lipinski definition) is 5. The molecule has 2 heterocycles. The first kappa shape index (κ1) is 17.6. The van der Waals surface area contributed by atoms with Crippen molar-refractivity contribution < 1.29 is 18.3 Å². The van der Waals surface area contributed by atoms with E-state index in [1.54, 1.807) is 30.3 Å². The van der Waals surface area contributed by atoms with Crippen LogP contribution in [0, 0.1) is 11.2 Å². The molecule has 140 valence electrons. The van der Waals surface area contributed by atoms with Crippen molar-refractivity contribution in [3.05, 3.63) is 48.3 Å². The molecule has 0 unspecified atom stereocenters. The average Bonchev–Trinajstić information content (AvgIpc) is 3.12. The number of halogens is 1. The maximum Gasteiger partial charge on any atom is 0.232 e. The van der Waals surface area contributed by atoms with Crippen LogP contribution >= 0.6 is 0 Å². The van der Waals surface area contributed by atoms with Crippen molar-refractivity contribution in [3.8, 4) is 11.5 Å². The maximum atomic E-state index is 13.1. The van der Waals surface area contributed by atoms with Gasteiger partial charge >= 0.3 is 0 Å². The Kier molecular flexibility index (Phi) is 4.63. The van der Waals surface area contributed by atoms with Crippen LogP contribution in [0.15, 0.2) is 46.9 Å². The Morgan fingerprint density at radius 3 is 2.63 bits per heavy atom. The molecule has 0 atom stereocenters. The van der Waals surface area contributed by atoms with E-state index >= 15 is 0 Å². The Bertz CT molecular complexity index is 962. The molecule has 1 aliphatic heterocycles. The maximum absolute atomic E-state index is 13.1. The van der Waals surface area contributed by atoms with Gasteiger partial charge in [-0.1, -0.05) is 0 Å². The zero-order chi connectivity index (χ0) is 18.9. The van der Waals surface area contributed by atoms with Crippen molar-refractivity contribution in [2.45, 2.75) is 12.8 Å². The first-order valence-corrected chi connectivity index (χ1v) is 8.85. The highest BCUT2D eigenvalue weighted by molar-refractivity contribution is 5.97. The van der Waals surface area contributed by atoms with E-state index in [0.717, 1.165) is 0 Å². The van der Waals surface area contributed by atoms with Gasteiger partial charge in [-0.2, -0.15) is 0 Å². The fourth-order valence-electron chi connectivity index (χ4n) is 3.27. The van der Waals surface area contributed by atoms with E-state index < -0.39 is 5.41 Å². The number of ether oxygens (including phenoxy) is 1. The lowest BCUT2D eigenvalue weighted by Crippen LogP contribution is -2.46. The number of benzene rings is 2. The number of fused-ring (bicyclic) bond motifs is 1. The zero-order valence-electron chi connectivity index (χ0n) is 14.7. The highest BCUT2D eigenvalue weighted by Crippen LogP contribution is 2.32. The van der Waals surface area contributed by atoms with Crippen LogP contribution in [0.4, 0.5) is 10.1 Å². The molecule has 0 radical (unpaired) electrons. The van der Waals surface area contributed by atoms with Gasteiger partial charge in [-0.15, -0.1) is 0 Å². The second-order valence-electron chi connectivity index (χ2n) is 6.76. The van der Waals surface area contributed by atoms with Gasteiger partial charge in [-0.3, -0.25) is 4.79 Å². The number of carbonyl (C=O) groups is 1. The van der Waals surface area contributed by atoms with Gasteiger partial charge < -0.3 is 20.2 Å². The molecule has 1 aliphatic rings. The summed E-state index contributed by atoms with van der Waals surface area (Å²) in [5, 5.41) is 2.94. The van der Waals surface area contributed by atoms with Gasteiger partial charge in [0.1, 0.15) is 11.3 Å². The Morgan fingerprint density at radius 1 is 1.19 bits per heavy atom. The summed E-state index contributed by atoms with van der Waals surface area (Å²) in [4.78, 5) is 17.2. The number of aromatic nitrogens is 1. The van der Waals surface area contributed by atoms with Gasteiger partial charge in [0, 0.05) is 37.1 Å². The number of rotatable bonds is 4. The Labute approximate surface area is 155 Å². The molecule has 0 saturated carbocycles. The fourth-order valence-corrected chi connectivity index (χ4v) is 3.27. The predicted molar refractivity (Wildman–Crippen MR) is 99.6 cm³/mol. The van der Waals surface area contributed by atoms with Crippen molar-refractivity contribution in [1.29, 1.82) is 0 Å². The number of nitrogens with zero attached hydrogens (tertiary/aromatic N) is 1. The number of carbonyl (C=O) groups excluding carboxylic acids is 1. The minimum Gasteiger partial charge on any atom is -0.436 e. The summed E-state index contributed by atoms with van der Waals surface area (Å²) < 4.78 is 24.2. The SMILES string of the molecule is NCC1(C(=O)Nc2ccc3nc(-c4ccc(F)cc4)oc3c2)CCOCC1. The molecule has 0 bridgehead atoms. The summed E-state index contributed by atoms with van der Waals surface area (Å²) in [6.45, 7) is 1.35. The van der Waals surface area contributed by atoms with Gasteiger partial charge in [0.15, 0.2) is 5.58 Å². The molecule has 7 heteroatoms. The summed E-state index contributed by atoms with van der Waals surface area (Å²) >= 11 is 0. The predicted octanol–water partition coefficient (Wildman–Crippen LogP) is 3.33. The number of nitrogens with one attached hydrogen (secondary N) is 1. The van der Waals surface area contributed by atoms with Crippen molar-refractivity contribution in [2.24, 2.45) is 11.1 Å². The minimum atomic E-state index is -0.603. The van der Waals surface area contributed by atoms with E-state index in [0.29, 0.717) is 54.3 Å². The number of amides is 1. The molecule has 1 aromatic heterocycles. The Hall–Kier alpha value is -2.77. The van der Waals surface area contributed by atoms with Crippen LogP contribution < -0.4 is 11.1 Å². The van der Waals surface area contributed by atoms with E-state index in [9.17, 15) is 9.18 Å². The van der Waals surface area contributed by atoms with Crippen LogP contribution in [0.25, 0.3) is 22.6 Å². The summed E-state index contributed by atoms with van der Waals surface area (Å²) in [5.41, 5.74) is 7.79. The first-order chi connectivity index (χ1) is 13.1. The van der Waals surface area contributed by atoms with E-state index in [4.69, 9.17) is 14.9 Å². The third-order valence-corrected chi connectivity index (χ3v) is 5.06. The van der Waals surface area contributed by atoms with Crippen molar-refractivity contribution in [3.63, 3.8) is 0 Å². The van der Waals surface area contributed by atoms with Crippen LogP contribution in [0.1, 0.15) is 12.8 Å². The molecule has 1 amide bonds. The topological polar surface area (TPSA) is 90.4 Å². The summed E-state index contributed by atoms with van der Waals surface area (Å²) in [7, 11) is 0. The smallest absolute Gasteiger partial charge is 0.232 e. The van der Waals surface area contributed by atoms with Crippen LogP contribution in [0.2, 0.25) is 0 Å². The molecule has 1 fully saturated rings. The van der Waals surface area contributed by atoms with Crippen molar-refractivity contribution in [1.82, 2.24) is 4.98 Å². The monoisotopic (exact) mass is 369 g/mol. The van der Waals surface area contributed by atoms with Crippen LogP contribution in [-0.4, -0.2) is 30.6 Å². The van der Waals surface area contributed by atoms with Crippen LogP contribution in [-0.2, 0) is 9.53 Å². The summed E-state index contributed by atoms with van der Waals surface area (Å²) in [6, 6.07) is 11.2. The molecule has 3 aromatic rings. The number of oxazole rings is 1.